The average molecular weight is 401 g/mol. The molecule has 2 amide bonds. The molecular formula is C21H32N6O2. The second-order valence-electron chi connectivity index (χ2n) is 6.78. The Kier molecular flexibility index (Phi) is 9.17. The molecule has 0 bridgehead atoms. The number of amides is 2. The highest BCUT2D eigenvalue weighted by atomic mass is 16.5. The van der Waals surface area contributed by atoms with Crippen LogP contribution in [0.1, 0.15) is 32.3 Å². The first kappa shape index (κ1) is 22.4. The highest BCUT2D eigenvalue weighted by Crippen LogP contribution is 2.20. The molecule has 8 heteroatoms. The zero-order valence-corrected chi connectivity index (χ0v) is 17.8. The largest absolute Gasteiger partial charge is 0.476 e. The van der Waals surface area contributed by atoms with E-state index in [2.05, 4.69) is 44.7 Å². The Morgan fingerprint density at radius 2 is 1.86 bits per heavy atom. The monoisotopic (exact) mass is 400 g/mol. The van der Waals surface area contributed by atoms with E-state index in [0.717, 1.165) is 37.2 Å². The lowest BCUT2D eigenvalue weighted by molar-refractivity contribution is 0.262. The maximum Gasteiger partial charge on any atom is 0.324 e. The Bertz CT molecular complexity index is 778. The van der Waals surface area contributed by atoms with Crippen LogP contribution < -0.4 is 25.6 Å². The molecule has 1 aromatic heterocycles. The number of urea groups is 1. The number of nitrogens with one attached hydrogen (secondary N) is 3. The van der Waals surface area contributed by atoms with Gasteiger partial charge in [-0.3, -0.25) is 5.32 Å². The van der Waals surface area contributed by atoms with E-state index in [9.17, 15) is 4.79 Å². The second-order valence-corrected chi connectivity index (χ2v) is 6.78. The van der Waals surface area contributed by atoms with Crippen LogP contribution in [-0.4, -0.2) is 49.3 Å². The number of carbonyl (C=O) groups is 1. The molecule has 1 aromatic carbocycles. The van der Waals surface area contributed by atoms with Crippen molar-refractivity contribution in [3.63, 3.8) is 0 Å². The minimum absolute atomic E-state index is 0.362. The molecule has 2 rings (SSSR count). The molecule has 0 radical (unpaired) electrons. The van der Waals surface area contributed by atoms with Gasteiger partial charge in [0.25, 0.3) is 0 Å². The quantitative estimate of drug-likeness (QED) is 0.499. The van der Waals surface area contributed by atoms with Crippen LogP contribution in [-0.2, 0) is 0 Å². The smallest absolute Gasteiger partial charge is 0.324 e. The molecule has 158 valence electrons. The van der Waals surface area contributed by atoms with Gasteiger partial charge >= 0.3 is 6.03 Å². The maximum absolute atomic E-state index is 12.5. The van der Waals surface area contributed by atoms with E-state index in [-0.39, 0.29) is 6.03 Å². The van der Waals surface area contributed by atoms with Crippen molar-refractivity contribution in [3.05, 3.63) is 35.9 Å². The number of anilines is 3. The first-order chi connectivity index (χ1) is 14.0. The number of aromatic nitrogens is 2. The van der Waals surface area contributed by atoms with Crippen molar-refractivity contribution in [3.8, 4) is 5.88 Å². The topological polar surface area (TPSA) is 91.4 Å². The summed E-state index contributed by atoms with van der Waals surface area (Å²) in [6.45, 7) is 9.05. The highest BCUT2D eigenvalue weighted by molar-refractivity contribution is 5.99. The van der Waals surface area contributed by atoms with Gasteiger partial charge in [0, 0.05) is 31.4 Å². The van der Waals surface area contributed by atoms with Crippen molar-refractivity contribution in [2.75, 3.05) is 48.8 Å². The summed E-state index contributed by atoms with van der Waals surface area (Å²) in [7, 11) is 1.86. The molecule has 0 fully saturated rings. The molecule has 29 heavy (non-hydrogen) atoms. The summed E-state index contributed by atoms with van der Waals surface area (Å²) < 4.78 is 5.74. The summed E-state index contributed by atoms with van der Waals surface area (Å²) in [5.41, 5.74) is 1.79. The molecule has 0 unspecified atom stereocenters. The van der Waals surface area contributed by atoms with Crippen LogP contribution in [0.15, 0.2) is 30.3 Å². The third-order valence-corrected chi connectivity index (χ3v) is 4.08. The molecule has 0 atom stereocenters. The van der Waals surface area contributed by atoms with Gasteiger partial charge in [-0.1, -0.05) is 26.0 Å². The molecule has 8 nitrogen and oxygen atoms in total. The van der Waals surface area contributed by atoms with E-state index in [1.165, 1.54) is 0 Å². The van der Waals surface area contributed by atoms with E-state index in [0.29, 0.717) is 30.8 Å². The molecule has 2 aromatic rings. The van der Waals surface area contributed by atoms with E-state index < -0.39 is 0 Å². The van der Waals surface area contributed by atoms with E-state index >= 15 is 0 Å². The van der Waals surface area contributed by atoms with Crippen molar-refractivity contribution in [2.24, 2.45) is 0 Å². The fourth-order valence-corrected chi connectivity index (χ4v) is 2.80. The van der Waals surface area contributed by atoms with Crippen molar-refractivity contribution in [1.29, 1.82) is 0 Å². The van der Waals surface area contributed by atoms with Gasteiger partial charge in [-0.05, 0) is 44.5 Å². The van der Waals surface area contributed by atoms with Gasteiger partial charge in [0.05, 0.1) is 0 Å². The number of benzene rings is 1. The van der Waals surface area contributed by atoms with Crippen LogP contribution in [0.5, 0.6) is 5.88 Å². The summed E-state index contributed by atoms with van der Waals surface area (Å²) in [6, 6.07) is 8.90. The van der Waals surface area contributed by atoms with Gasteiger partial charge in [0.2, 0.25) is 11.8 Å². The number of hydrogen-bond donors (Lipinski definition) is 3. The van der Waals surface area contributed by atoms with E-state index in [1.807, 2.05) is 38.2 Å². The summed E-state index contributed by atoms with van der Waals surface area (Å²) in [5.74, 6) is 1.40. The van der Waals surface area contributed by atoms with E-state index in [4.69, 9.17) is 4.74 Å². The van der Waals surface area contributed by atoms with Gasteiger partial charge in [-0.15, -0.1) is 0 Å². The molecule has 0 saturated carbocycles. The molecule has 0 aliphatic heterocycles. The minimum atomic E-state index is -0.362. The first-order valence-electron chi connectivity index (χ1n) is 10.1. The molecule has 1 heterocycles. The summed E-state index contributed by atoms with van der Waals surface area (Å²) >= 11 is 0. The lowest BCUT2D eigenvalue weighted by atomic mass is 10.2. The zero-order chi connectivity index (χ0) is 21.1. The molecule has 0 spiro atoms. The number of carbonyl (C=O) groups excluding carboxylic acids is 1. The number of ether oxygens (including phenoxy) is 1. The SMILES string of the molecule is CCCN(CCC)c1nc(NC(=O)Nc2cccc(C)c2)cc(OCCNC)n1. The predicted octanol–water partition coefficient (Wildman–Crippen LogP) is 3.65. The van der Waals surface area contributed by atoms with Gasteiger partial charge in [-0.25, -0.2) is 4.79 Å². The van der Waals surface area contributed by atoms with Crippen LogP contribution in [0.25, 0.3) is 0 Å². The molecule has 3 N–H and O–H groups in total. The maximum atomic E-state index is 12.5. The summed E-state index contributed by atoms with van der Waals surface area (Å²) in [6.07, 6.45) is 1.95. The number of aryl methyl sites for hydroxylation is 1. The lowest BCUT2D eigenvalue weighted by Gasteiger charge is -2.22. The van der Waals surface area contributed by atoms with Crippen LogP contribution in [0, 0.1) is 6.92 Å². The van der Waals surface area contributed by atoms with Crippen LogP contribution >= 0.6 is 0 Å². The van der Waals surface area contributed by atoms with Crippen LogP contribution in [0.4, 0.5) is 22.2 Å². The standard InChI is InChI=1S/C21H32N6O2/c1-5-11-27(12-6-2)20-24-18(15-19(26-20)29-13-10-22-4)25-21(28)23-17-9-7-8-16(3)14-17/h7-9,14-15,22H,5-6,10-13H2,1-4H3,(H2,23,24,25,26,28). The van der Waals surface area contributed by atoms with Gasteiger partial charge < -0.3 is 20.3 Å². The molecule has 0 aliphatic rings. The lowest BCUT2D eigenvalue weighted by Crippen LogP contribution is -2.28. The van der Waals surface area contributed by atoms with Crippen molar-refractivity contribution in [1.82, 2.24) is 15.3 Å². The zero-order valence-electron chi connectivity index (χ0n) is 17.8. The van der Waals surface area contributed by atoms with Crippen LogP contribution in [0.3, 0.4) is 0 Å². The highest BCUT2D eigenvalue weighted by Gasteiger charge is 2.14. The van der Waals surface area contributed by atoms with Gasteiger partial charge in [0.1, 0.15) is 12.4 Å². The number of rotatable bonds is 11. The third kappa shape index (κ3) is 7.57. The van der Waals surface area contributed by atoms with Crippen molar-refractivity contribution < 1.29 is 9.53 Å². The second kappa shape index (κ2) is 11.9. The fourth-order valence-electron chi connectivity index (χ4n) is 2.80. The van der Waals surface area contributed by atoms with Crippen LogP contribution in [0.2, 0.25) is 0 Å². The Morgan fingerprint density at radius 3 is 2.52 bits per heavy atom. The molecule has 0 saturated heterocycles. The Morgan fingerprint density at radius 1 is 1.10 bits per heavy atom. The van der Waals surface area contributed by atoms with Crippen molar-refractivity contribution >= 4 is 23.5 Å². The van der Waals surface area contributed by atoms with Gasteiger partial charge in [0.15, 0.2) is 0 Å². The Balaban J connectivity index is 2.19. The van der Waals surface area contributed by atoms with Crippen molar-refractivity contribution in [2.45, 2.75) is 33.6 Å². The average Bonchev–Trinajstić information content (AvgIpc) is 2.68. The third-order valence-electron chi connectivity index (χ3n) is 4.08. The Labute approximate surface area is 173 Å². The predicted molar refractivity (Wildman–Crippen MR) is 118 cm³/mol. The Hall–Kier alpha value is -2.87. The number of nitrogens with zero attached hydrogens (tertiary/aromatic N) is 3. The summed E-state index contributed by atoms with van der Waals surface area (Å²) in [4.78, 5) is 23.6. The molecule has 0 aliphatic carbocycles. The number of likely N-dealkylation sites (N-methyl/N-ethyl adjacent to an activating group) is 1. The fraction of sp³-hybridized carbons (Fsp3) is 0.476. The first-order valence-corrected chi connectivity index (χ1v) is 10.1. The minimum Gasteiger partial charge on any atom is -0.476 e. The normalized spacial score (nSPS) is 10.5. The molecular weight excluding hydrogens is 368 g/mol. The number of hydrogen-bond acceptors (Lipinski definition) is 6. The van der Waals surface area contributed by atoms with Gasteiger partial charge in [-0.2, -0.15) is 9.97 Å². The summed E-state index contributed by atoms with van der Waals surface area (Å²) in [5, 5.41) is 8.66. The van der Waals surface area contributed by atoms with E-state index in [1.54, 1.807) is 6.07 Å².